The fraction of sp³-hybridized carbons (Fsp3) is 0.438. The van der Waals surface area contributed by atoms with Crippen LogP contribution in [0.5, 0.6) is 0 Å². The average Bonchev–Trinajstić information content (AvgIpc) is 3.38. The molecule has 1 saturated heterocycles. The van der Waals surface area contributed by atoms with E-state index in [1.165, 1.54) is 6.08 Å². The van der Waals surface area contributed by atoms with Crippen LogP contribution in [0.15, 0.2) is 72.8 Å². The van der Waals surface area contributed by atoms with Crippen LogP contribution in [0.1, 0.15) is 57.3 Å². The zero-order valence-corrected chi connectivity index (χ0v) is 25.2. The van der Waals surface area contributed by atoms with Crippen molar-refractivity contribution in [3.63, 3.8) is 0 Å². The molecule has 9 nitrogen and oxygen atoms in total. The number of amides is 3. The molecule has 0 spiro atoms. The molecule has 2 aromatic rings. The van der Waals surface area contributed by atoms with Gasteiger partial charge in [0.15, 0.2) is 0 Å². The first-order valence-corrected chi connectivity index (χ1v) is 15.3. The normalized spacial score (nSPS) is 16.9. The number of nitrogens with one attached hydrogen (secondary N) is 3. The van der Waals surface area contributed by atoms with Crippen molar-refractivity contribution in [2.45, 2.75) is 63.9 Å². The van der Waals surface area contributed by atoms with Crippen molar-refractivity contribution in [3.05, 3.63) is 83.9 Å². The van der Waals surface area contributed by atoms with E-state index in [9.17, 15) is 19.2 Å². The lowest BCUT2D eigenvalue weighted by Crippen LogP contribution is -2.42. The van der Waals surface area contributed by atoms with Crippen molar-refractivity contribution in [2.75, 3.05) is 13.2 Å². The molecule has 1 aliphatic heterocycles. The molecule has 3 N–H and O–H groups in total. The van der Waals surface area contributed by atoms with Crippen molar-refractivity contribution in [1.29, 1.82) is 0 Å². The Morgan fingerprint density at radius 1 is 1.07 bits per heavy atom. The van der Waals surface area contributed by atoms with Crippen molar-refractivity contribution in [2.24, 2.45) is 11.8 Å². The Kier molecular flexibility index (Phi) is 13.4. The summed E-state index contributed by atoms with van der Waals surface area (Å²) in [7, 11) is 0. The monoisotopic (exact) mass is 595 g/mol. The van der Waals surface area contributed by atoms with Gasteiger partial charge in [-0.1, -0.05) is 80.6 Å². The summed E-state index contributed by atoms with van der Waals surface area (Å²) in [4.78, 5) is 50.5. The van der Waals surface area contributed by atoms with Gasteiger partial charge in [-0.3, -0.25) is 14.3 Å². The summed E-state index contributed by atoms with van der Waals surface area (Å²) >= 11 is 0.996. The Labute approximate surface area is 252 Å². The summed E-state index contributed by atoms with van der Waals surface area (Å²) in [6.45, 7) is 6.51. The number of hydrogen-bond acceptors (Lipinski definition) is 7. The highest BCUT2D eigenvalue weighted by atomic mass is 32.2. The third-order valence-corrected chi connectivity index (χ3v) is 7.70. The zero-order valence-electron chi connectivity index (χ0n) is 24.4. The summed E-state index contributed by atoms with van der Waals surface area (Å²) in [6, 6.07) is 18.7. The predicted molar refractivity (Wildman–Crippen MR) is 163 cm³/mol. The standard InChI is InChI=1S/C32H41N3O6S/c1-4-40-29(36)16-15-26(21-25-17-18-33-30(25)37)34-31(38)28(19-22(2)3)42-35-32(39)41-27(24-13-9-6-10-14-24)20-23-11-7-5-8-12-23/h5-16,22,25-28H,4,17-21H2,1-3H3,(H,33,37)(H,34,38)(H,35,39)/b16-15+/t25-,26+,27?,28-/m0/s1. The van der Waals surface area contributed by atoms with Crippen LogP contribution in [-0.2, 0) is 30.3 Å². The van der Waals surface area contributed by atoms with Crippen LogP contribution in [0.25, 0.3) is 0 Å². The smallest absolute Gasteiger partial charge is 0.417 e. The molecule has 226 valence electrons. The maximum atomic E-state index is 13.4. The molecule has 10 heteroatoms. The largest absolute Gasteiger partial charge is 0.463 e. The topological polar surface area (TPSA) is 123 Å². The molecule has 3 amide bonds. The molecule has 0 aliphatic carbocycles. The van der Waals surface area contributed by atoms with Crippen LogP contribution in [0.2, 0.25) is 0 Å². The second kappa shape index (κ2) is 17.2. The highest BCUT2D eigenvalue weighted by molar-refractivity contribution is 7.99. The van der Waals surface area contributed by atoms with E-state index in [2.05, 4.69) is 15.4 Å². The van der Waals surface area contributed by atoms with Crippen molar-refractivity contribution < 1.29 is 28.7 Å². The van der Waals surface area contributed by atoms with E-state index in [4.69, 9.17) is 9.47 Å². The van der Waals surface area contributed by atoms with Crippen LogP contribution in [-0.4, -0.2) is 48.3 Å². The van der Waals surface area contributed by atoms with E-state index >= 15 is 0 Å². The van der Waals surface area contributed by atoms with Gasteiger partial charge in [0, 0.05) is 31.0 Å². The average molecular weight is 596 g/mol. The second-order valence-corrected chi connectivity index (χ2v) is 11.6. The number of carbonyl (C=O) groups is 4. The van der Waals surface area contributed by atoms with E-state index in [1.54, 1.807) is 13.0 Å². The van der Waals surface area contributed by atoms with Gasteiger partial charge in [0.1, 0.15) is 11.4 Å². The van der Waals surface area contributed by atoms with Crippen molar-refractivity contribution in [1.82, 2.24) is 15.4 Å². The van der Waals surface area contributed by atoms with Crippen LogP contribution in [0, 0.1) is 11.8 Å². The molecular formula is C32H41N3O6S. The van der Waals surface area contributed by atoms with Gasteiger partial charge in [0.2, 0.25) is 11.8 Å². The highest BCUT2D eigenvalue weighted by Gasteiger charge is 2.30. The molecule has 1 fully saturated rings. The summed E-state index contributed by atoms with van der Waals surface area (Å²) in [5.41, 5.74) is 1.90. The fourth-order valence-electron chi connectivity index (χ4n) is 4.66. The Bertz CT molecular complexity index is 1190. The number of benzene rings is 2. The third kappa shape index (κ3) is 11.2. The minimum atomic E-state index is -0.646. The first-order chi connectivity index (χ1) is 20.2. The molecular weight excluding hydrogens is 554 g/mol. The number of rotatable bonds is 15. The molecule has 0 radical (unpaired) electrons. The SMILES string of the molecule is CCOC(=O)/C=C/[C@H](C[C@@H]1CCNC1=O)NC(=O)[C@H](CC(C)C)SNC(=O)OC(Cc1ccccc1)c1ccccc1. The van der Waals surface area contributed by atoms with Gasteiger partial charge in [0.05, 0.1) is 6.61 Å². The minimum absolute atomic E-state index is 0.0697. The maximum absolute atomic E-state index is 13.4. The number of hydrogen-bond donors (Lipinski definition) is 3. The lowest BCUT2D eigenvalue weighted by atomic mass is 9.97. The van der Waals surface area contributed by atoms with E-state index in [0.29, 0.717) is 32.2 Å². The number of ether oxygens (including phenoxy) is 2. The van der Waals surface area contributed by atoms with Gasteiger partial charge >= 0.3 is 12.1 Å². The van der Waals surface area contributed by atoms with Gasteiger partial charge in [-0.15, -0.1) is 0 Å². The molecule has 1 aliphatic rings. The van der Waals surface area contributed by atoms with Gasteiger partial charge < -0.3 is 20.1 Å². The summed E-state index contributed by atoms with van der Waals surface area (Å²) in [5.74, 6) is -1.01. The Morgan fingerprint density at radius 2 is 1.76 bits per heavy atom. The van der Waals surface area contributed by atoms with Crippen molar-refractivity contribution >= 4 is 35.8 Å². The molecule has 1 heterocycles. The van der Waals surface area contributed by atoms with Crippen LogP contribution in [0.4, 0.5) is 4.79 Å². The van der Waals surface area contributed by atoms with Crippen molar-refractivity contribution in [3.8, 4) is 0 Å². The van der Waals surface area contributed by atoms with E-state index in [-0.39, 0.29) is 30.3 Å². The first kappa shape index (κ1) is 32.7. The third-order valence-electron chi connectivity index (χ3n) is 6.73. The van der Waals surface area contributed by atoms with Gasteiger partial charge in [-0.25, -0.2) is 9.59 Å². The first-order valence-electron chi connectivity index (χ1n) is 14.4. The molecule has 4 atom stereocenters. The number of carbonyl (C=O) groups excluding carboxylic acids is 4. The van der Waals surface area contributed by atoms with E-state index < -0.39 is 29.5 Å². The Morgan fingerprint density at radius 3 is 2.38 bits per heavy atom. The van der Waals surface area contributed by atoms with Crippen LogP contribution in [0.3, 0.4) is 0 Å². The highest BCUT2D eigenvalue weighted by Crippen LogP contribution is 2.24. The fourth-order valence-corrected chi connectivity index (χ4v) is 5.60. The summed E-state index contributed by atoms with van der Waals surface area (Å²) < 4.78 is 13.5. The minimum Gasteiger partial charge on any atom is -0.463 e. The summed E-state index contributed by atoms with van der Waals surface area (Å²) in [6.07, 6.45) is 3.67. The molecule has 1 unspecified atom stereocenters. The Balaban J connectivity index is 1.66. The van der Waals surface area contributed by atoms with E-state index in [0.717, 1.165) is 23.1 Å². The van der Waals surface area contributed by atoms with Crippen LogP contribution < -0.4 is 15.4 Å². The quantitative estimate of drug-likeness (QED) is 0.152. The predicted octanol–water partition coefficient (Wildman–Crippen LogP) is 4.89. The van der Waals surface area contributed by atoms with Gasteiger partial charge in [-0.2, -0.15) is 0 Å². The van der Waals surface area contributed by atoms with Crippen LogP contribution >= 0.6 is 11.9 Å². The zero-order chi connectivity index (χ0) is 30.3. The summed E-state index contributed by atoms with van der Waals surface area (Å²) in [5, 5.41) is 5.14. The molecule has 3 rings (SSSR count). The lowest BCUT2D eigenvalue weighted by molar-refractivity contribution is -0.137. The number of esters is 1. The van der Waals surface area contributed by atoms with Gasteiger partial charge in [-0.05, 0) is 55.2 Å². The molecule has 42 heavy (non-hydrogen) atoms. The van der Waals surface area contributed by atoms with E-state index in [1.807, 2.05) is 74.5 Å². The second-order valence-electron chi connectivity index (χ2n) is 10.6. The molecule has 0 bridgehead atoms. The molecule has 0 aromatic heterocycles. The molecule has 0 saturated carbocycles. The maximum Gasteiger partial charge on any atom is 0.417 e. The van der Waals surface area contributed by atoms with Gasteiger partial charge in [0.25, 0.3) is 0 Å². The Hall–Kier alpha value is -3.79. The molecule has 2 aromatic carbocycles. The lowest BCUT2D eigenvalue weighted by Gasteiger charge is -2.24.